The smallest absolute Gasteiger partial charge is 0.241 e. The molecule has 1 amide bonds. The van der Waals surface area contributed by atoms with Crippen molar-refractivity contribution < 1.29 is 4.79 Å². The van der Waals surface area contributed by atoms with Crippen molar-refractivity contribution in [1.29, 1.82) is 0 Å². The quantitative estimate of drug-likeness (QED) is 0.715. The number of likely N-dealkylation sites (N-methyl/N-ethyl adjacent to an activating group) is 1. The van der Waals surface area contributed by atoms with Crippen LogP contribution in [0.15, 0.2) is 18.5 Å². The molecule has 0 aliphatic heterocycles. The molecule has 0 saturated carbocycles. The summed E-state index contributed by atoms with van der Waals surface area (Å²) in [5.74, 6) is 0.0826. The molecule has 13 heavy (non-hydrogen) atoms. The van der Waals surface area contributed by atoms with Crippen LogP contribution >= 0.6 is 0 Å². The summed E-state index contributed by atoms with van der Waals surface area (Å²) < 4.78 is 1.84. The Morgan fingerprint density at radius 2 is 2.31 bits per heavy atom. The number of hydrogen-bond donors (Lipinski definition) is 1. The second-order valence-corrected chi connectivity index (χ2v) is 3.18. The van der Waals surface area contributed by atoms with Crippen LogP contribution in [0.4, 0.5) is 0 Å². The van der Waals surface area contributed by atoms with Gasteiger partial charge in [-0.15, -0.1) is 0 Å². The molecular weight excluding hydrogens is 166 g/mol. The molecule has 1 rings (SSSR count). The van der Waals surface area contributed by atoms with Gasteiger partial charge in [-0.3, -0.25) is 4.79 Å². The van der Waals surface area contributed by atoms with Gasteiger partial charge in [-0.25, -0.2) is 0 Å². The summed E-state index contributed by atoms with van der Waals surface area (Å²) in [6, 6.07) is 1.92. The number of nitrogens with zero attached hydrogens (tertiary/aromatic N) is 2. The summed E-state index contributed by atoms with van der Waals surface area (Å²) in [4.78, 5) is 12.9. The van der Waals surface area contributed by atoms with Crippen molar-refractivity contribution >= 4 is 5.91 Å². The lowest BCUT2D eigenvalue weighted by Crippen LogP contribution is -2.25. The molecular formula is C9H15N3O. The van der Waals surface area contributed by atoms with Gasteiger partial charge in [0.25, 0.3) is 0 Å². The predicted molar refractivity (Wildman–Crippen MR) is 51.0 cm³/mol. The number of carbonyl (C=O) groups excluding carboxylic acids is 1. The number of aromatic nitrogens is 1. The average molecular weight is 181 g/mol. The van der Waals surface area contributed by atoms with Gasteiger partial charge < -0.3 is 15.2 Å². The van der Waals surface area contributed by atoms with E-state index in [1.54, 1.807) is 19.0 Å². The minimum Gasteiger partial charge on any atom is -0.347 e. The minimum absolute atomic E-state index is 0.0826. The maximum absolute atomic E-state index is 11.3. The molecule has 4 nitrogen and oxygen atoms in total. The standard InChI is InChI=1S/C9H15N3O/c1-11(2)9(13)7-12-4-3-8(5-10)6-12/h3-4,6H,5,7,10H2,1-2H3. The van der Waals surface area contributed by atoms with Crippen LogP contribution in [0.5, 0.6) is 0 Å². The van der Waals surface area contributed by atoms with E-state index in [9.17, 15) is 4.79 Å². The Labute approximate surface area is 77.9 Å². The zero-order chi connectivity index (χ0) is 9.84. The summed E-state index contributed by atoms with van der Waals surface area (Å²) in [6.45, 7) is 0.899. The highest BCUT2D eigenvalue weighted by molar-refractivity contribution is 5.75. The van der Waals surface area contributed by atoms with E-state index in [2.05, 4.69) is 0 Å². The van der Waals surface area contributed by atoms with E-state index < -0.39 is 0 Å². The highest BCUT2D eigenvalue weighted by Gasteiger charge is 2.04. The summed E-state index contributed by atoms with van der Waals surface area (Å²) in [7, 11) is 3.49. The van der Waals surface area contributed by atoms with Gasteiger partial charge in [0.05, 0.1) is 0 Å². The molecule has 1 aromatic heterocycles. The molecule has 0 aromatic carbocycles. The number of amides is 1. The van der Waals surface area contributed by atoms with E-state index in [0.717, 1.165) is 5.56 Å². The second kappa shape index (κ2) is 4.09. The maximum Gasteiger partial charge on any atom is 0.241 e. The van der Waals surface area contributed by atoms with Gasteiger partial charge in [-0.05, 0) is 11.6 Å². The fraction of sp³-hybridized carbons (Fsp3) is 0.444. The van der Waals surface area contributed by atoms with Crippen LogP contribution in [0.2, 0.25) is 0 Å². The van der Waals surface area contributed by atoms with Crippen molar-refractivity contribution in [3.8, 4) is 0 Å². The van der Waals surface area contributed by atoms with Crippen molar-refractivity contribution in [2.24, 2.45) is 5.73 Å². The Morgan fingerprint density at radius 1 is 1.62 bits per heavy atom. The number of rotatable bonds is 3. The van der Waals surface area contributed by atoms with Crippen LogP contribution in [-0.4, -0.2) is 29.5 Å². The molecule has 1 heterocycles. The largest absolute Gasteiger partial charge is 0.347 e. The third kappa shape index (κ3) is 2.59. The lowest BCUT2D eigenvalue weighted by molar-refractivity contribution is -0.129. The van der Waals surface area contributed by atoms with E-state index in [1.807, 2.05) is 23.0 Å². The highest BCUT2D eigenvalue weighted by atomic mass is 16.2. The van der Waals surface area contributed by atoms with Crippen molar-refractivity contribution in [3.63, 3.8) is 0 Å². The molecule has 0 aliphatic rings. The molecule has 1 aromatic rings. The Balaban J connectivity index is 2.59. The van der Waals surface area contributed by atoms with E-state index >= 15 is 0 Å². The molecule has 0 saturated heterocycles. The van der Waals surface area contributed by atoms with Crippen molar-refractivity contribution in [1.82, 2.24) is 9.47 Å². The van der Waals surface area contributed by atoms with Crippen LogP contribution < -0.4 is 5.73 Å². The fourth-order valence-electron chi connectivity index (χ4n) is 1.01. The number of hydrogen-bond acceptors (Lipinski definition) is 2. The molecule has 4 heteroatoms. The Bertz CT molecular complexity index is 291. The molecule has 0 aliphatic carbocycles. The van der Waals surface area contributed by atoms with E-state index in [-0.39, 0.29) is 5.91 Å². The van der Waals surface area contributed by atoms with Crippen LogP contribution in [0.1, 0.15) is 5.56 Å². The molecule has 72 valence electrons. The highest BCUT2D eigenvalue weighted by Crippen LogP contribution is 2.00. The van der Waals surface area contributed by atoms with Gasteiger partial charge in [0.2, 0.25) is 5.91 Å². The monoisotopic (exact) mass is 181 g/mol. The van der Waals surface area contributed by atoms with Gasteiger partial charge in [-0.2, -0.15) is 0 Å². The third-order valence-electron chi connectivity index (χ3n) is 1.86. The second-order valence-electron chi connectivity index (χ2n) is 3.18. The maximum atomic E-state index is 11.3. The van der Waals surface area contributed by atoms with Gasteiger partial charge in [0.15, 0.2) is 0 Å². The third-order valence-corrected chi connectivity index (χ3v) is 1.86. The van der Waals surface area contributed by atoms with Crippen molar-refractivity contribution in [3.05, 3.63) is 24.0 Å². The normalized spacial score (nSPS) is 10.1. The molecule has 0 spiro atoms. The lowest BCUT2D eigenvalue weighted by Gasteiger charge is -2.10. The van der Waals surface area contributed by atoms with Crippen LogP contribution in [0.25, 0.3) is 0 Å². The first kappa shape index (κ1) is 9.80. The van der Waals surface area contributed by atoms with Crippen molar-refractivity contribution in [2.45, 2.75) is 13.1 Å². The number of carbonyl (C=O) groups is 1. The first-order chi connectivity index (χ1) is 6.13. The Kier molecular flexibility index (Phi) is 3.08. The Morgan fingerprint density at radius 3 is 2.77 bits per heavy atom. The molecule has 0 fully saturated rings. The zero-order valence-corrected chi connectivity index (χ0v) is 8.03. The zero-order valence-electron chi connectivity index (χ0n) is 8.03. The van der Waals surface area contributed by atoms with Crippen LogP contribution in [-0.2, 0) is 17.9 Å². The van der Waals surface area contributed by atoms with Crippen LogP contribution in [0, 0.1) is 0 Å². The summed E-state index contributed by atoms with van der Waals surface area (Å²) in [5.41, 5.74) is 6.49. The van der Waals surface area contributed by atoms with Crippen molar-refractivity contribution in [2.75, 3.05) is 14.1 Å². The molecule has 0 atom stereocenters. The van der Waals surface area contributed by atoms with E-state index in [1.165, 1.54) is 0 Å². The first-order valence-electron chi connectivity index (χ1n) is 4.18. The average Bonchev–Trinajstić information content (AvgIpc) is 2.52. The summed E-state index contributed by atoms with van der Waals surface area (Å²) in [5, 5.41) is 0. The number of nitrogens with two attached hydrogens (primary N) is 1. The molecule has 0 unspecified atom stereocenters. The van der Waals surface area contributed by atoms with Gasteiger partial charge in [0.1, 0.15) is 6.54 Å². The topological polar surface area (TPSA) is 51.3 Å². The lowest BCUT2D eigenvalue weighted by atomic mass is 10.3. The first-order valence-corrected chi connectivity index (χ1v) is 4.18. The van der Waals surface area contributed by atoms with E-state index in [0.29, 0.717) is 13.1 Å². The minimum atomic E-state index is 0.0826. The summed E-state index contributed by atoms with van der Waals surface area (Å²) >= 11 is 0. The van der Waals surface area contributed by atoms with Gasteiger partial charge in [-0.1, -0.05) is 0 Å². The summed E-state index contributed by atoms with van der Waals surface area (Å²) in [6.07, 6.45) is 3.75. The predicted octanol–water partition coefficient (Wildman–Crippen LogP) is 0.0350. The Hall–Kier alpha value is -1.29. The molecule has 0 bridgehead atoms. The SMILES string of the molecule is CN(C)C(=O)Cn1ccc(CN)c1. The fourth-order valence-corrected chi connectivity index (χ4v) is 1.01. The molecule has 2 N–H and O–H groups in total. The molecule has 0 radical (unpaired) electrons. The van der Waals surface area contributed by atoms with Crippen LogP contribution in [0.3, 0.4) is 0 Å². The van der Waals surface area contributed by atoms with Gasteiger partial charge in [0, 0.05) is 33.0 Å². The van der Waals surface area contributed by atoms with Gasteiger partial charge >= 0.3 is 0 Å². The van der Waals surface area contributed by atoms with E-state index in [4.69, 9.17) is 5.73 Å².